The number of carboxylic acid groups (broad SMARTS) is 1. The first kappa shape index (κ1) is 17.8. The molecule has 9 heteroatoms. The number of carbonyl (C=O) groups is 1. The molecule has 0 amide bonds. The van der Waals surface area contributed by atoms with Gasteiger partial charge in [-0.25, -0.2) is 4.21 Å². The summed E-state index contributed by atoms with van der Waals surface area (Å²) < 4.78 is 20.5. The summed E-state index contributed by atoms with van der Waals surface area (Å²) in [7, 11) is -2.87. The number of rotatable bonds is 8. The maximum atomic E-state index is 12.5. The molecule has 1 unspecified atom stereocenters. The molecule has 0 saturated heterocycles. The fourth-order valence-corrected chi connectivity index (χ4v) is 4.65. The van der Waals surface area contributed by atoms with Crippen LogP contribution in [0.15, 0.2) is 24.3 Å². The van der Waals surface area contributed by atoms with E-state index in [4.69, 9.17) is 15.6 Å². The summed E-state index contributed by atoms with van der Waals surface area (Å²) in [6.45, 7) is 0. The third kappa shape index (κ3) is 3.82. The van der Waals surface area contributed by atoms with Crippen LogP contribution in [0.25, 0.3) is 11.0 Å². The zero-order valence-electron chi connectivity index (χ0n) is 13.9. The van der Waals surface area contributed by atoms with Crippen molar-refractivity contribution in [2.24, 2.45) is 5.73 Å². The van der Waals surface area contributed by atoms with Crippen LogP contribution in [-0.2, 0) is 20.1 Å². The van der Waals surface area contributed by atoms with E-state index in [1.165, 1.54) is 0 Å². The highest BCUT2D eigenvalue weighted by Gasteiger charge is 2.41. The van der Waals surface area contributed by atoms with Crippen LogP contribution < -0.4 is 5.73 Å². The molecule has 1 aromatic heterocycles. The molecule has 4 N–H and O–H groups in total. The van der Waals surface area contributed by atoms with Gasteiger partial charge in [-0.1, -0.05) is 12.1 Å². The third-order valence-corrected chi connectivity index (χ3v) is 6.73. The Labute approximate surface area is 146 Å². The Morgan fingerprint density at radius 3 is 2.40 bits per heavy atom. The van der Waals surface area contributed by atoms with E-state index in [0.29, 0.717) is 6.42 Å². The van der Waals surface area contributed by atoms with E-state index in [2.05, 4.69) is 10.2 Å². The van der Waals surface area contributed by atoms with Crippen molar-refractivity contribution in [1.29, 1.82) is 4.78 Å². The average molecular weight is 365 g/mol. The van der Waals surface area contributed by atoms with Gasteiger partial charge in [0.1, 0.15) is 17.1 Å². The normalized spacial score (nSPS) is 19.9. The Balaban J connectivity index is 1.68. The van der Waals surface area contributed by atoms with Crippen molar-refractivity contribution in [3.8, 4) is 0 Å². The van der Waals surface area contributed by atoms with Crippen LogP contribution in [0.2, 0.25) is 0 Å². The van der Waals surface area contributed by atoms with Gasteiger partial charge in [-0.3, -0.25) is 9.57 Å². The number of carboxylic acids is 1. The van der Waals surface area contributed by atoms with E-state index < -0.39 is 21.7 Å². The van der Waals surface area contributed by atoms with Gasteiger partial charge >= 0.3 is 5.97 Å². The Kier molecular flexibility index (Phi) is 4.79. The molecule has 1 fully saturated rings. The molecule has 2 aromatic rings. The lowest BCUT2D eigenvalue weighted by Gasteiger charge is -2.40. The number of aromatic nitrogens is 3. The number of nitrogens with two attached hydrogens (primary N) is 1. The van der Waals surface area contributed by atoms with E-state index in [1.54, 1.807) is 4.80 Å². The predicted molar refractivity (Wildman–Crippen MR) is 94.8 cm³/mol. The molecule has 1 heterocycles. The quantitative estimate of drug-likeness (QED) is 0.649. The fourth-order valence-electron chi connectivity index (χ4n) is 3.10. The number of nitrogens with zero attached hydrogens (tertiary/aromatic N) is 3. The van der Waals surface area contributed by atoms with Gasteiger partial charge in [-0.2, -0.15) is 15.0 Å². The van der Waals surface area contributed by atoms with Crippen LogP contribution in [0.4, 0.5) is 0 Å². The second kappa shape index (κ2) is 6.72. The van der Waals surface area contributed by atoms with E-state index >= 15 is 0 Å². The van der Waals surface area contributed by atoms with Crippen molar-refractivity contribution in [2.45, 2.75) is 43.7 Å². The molecule has 2 atom stereocenters. The molecule has 0 spiro atoms. The molecule has 0 bridgehead atoms. The minimum absolute atomic E-state index is 0.00502. The molecule has 8 nitrogen and oxygen atoms in total. The lowest BCUT2D eigenvalue weighted by atomic mass is 9.75. The summed E-state index contributed by atoms with van der Waals surface area (Å²) in [6, 6.07) is 6.58. The van der Waals surface area contributed by atoms with Crippen molar-refractivity contribution in [3.05, 3.63) is 24.3 Å². The molecule has 136 valence electrons. The third-order valence-electron chi connectivity index (χ3n) is 4.97. The van der Waals surface area contributed by atoms with Gasteiger partial charge in [0.2, 0.25) is 0 Å². The van der Waals surface area contributed by atoms with Crippen LogP contribution in [-0.4, -0.2) is 47.8 Å². The van der Waals surface area contributed by atoms with Gasteiger partial charge in [-0.05, 0) is 44.2 Å². The number of nitrogens with one attached hydrogen (secondary N) is 1. The highest BCUT2D eigenvalue weighted by Crippen LogP contribution is 2.41. The minimum atomic E-state index is -2.87. The van der Waals surface area contributed by atoms with Gasteiger partial charge in [0.05, 0.1) is 5.54 Å². The van der Waals surface area contributed by atoms with E-state index in [1.807, 2.05) is 24.3 Å². The first-order valence-corrected chi connectivity index (χ1v) is 10.3. The predicted octanol–water partition coefficient (Wildman–Crippen LogP) is 1.55. The SMILES string of the molecule is N=S(=O)(CC[C@H](N)C(=O)O)CCC1(n2nc3ccccc3n2)CCC1. The van der Waals surface area contributed by atoms with E-state index in [-0.39, 0.29) is 23.5 Å². The number of benzene rings is 1. The summed E-state index contributed by atoms with van der Waals surface area (Å²) in [5.41, 5.74) is 6.82. The average Bonchev–Trinajstić information content (AvgIpc) is 2.95. The van der Waals surface area contributed by atoms with Crippen molar-refractivity contribution in [2.75, 3.05) is 11.5 Å². The lowest BCUT2D eigenvalue weighted by Crippen LogP contribution is -2.43. The zero-order chi connectivity index (χ0) is 18.1. The molecule has 3 rings (SSSR count). The van der Waals surface area contributed by atoms with Crippen LogP contribution >= 0.6 is 0 Å². The summed E-state index contributed by atoms with van der Waals surface area (Å²) in [5, 5.41) is 17.9. The van der Waals surface area contributed by atoms with Crippen molar-refractivity contribution < 1.29 is 14.1 Å². The molecule has 1 aliphatic carbocycles. The topological polar surface area (TPSA) is 135 Å². The number of aliphatic carboxylic acids is 1. The van der Waals surface area contributed by atoms with Gasteiger partial charge < -0.3 is 10.8 Å². The summed E-state index contributed by atoms with van der Waals surface area (Å²) >= 11 is 0. The summed E-state index contributed by atoms with van der Waals surface area (Å²) in [5.74, 6) is -0.916. The Morgan fingerprint density at radius 1 is 1.32 bits per heavy atom. The number of fused-ring (bicyclic) bond motifs is 1. The van der Waals surface area contributed by atoms with Gasteiger partial charge in [0, 0.05) is 21.2 Å². The Hall–Kier alpha value is -2.00. The molecular formula is C16H23N5O3S. The molecular weight excluding hydrogens is 342 g/mol. The van der Waals surface area contributed by atoms with Crippen LogP contribution in [0.3, 0.4) is 0 Å². The van der Waals surface area contributed by atoms with Crippen molar-refractivity contribution in [3.63, 3.8) is 0 Å². The monoisotopic (exact) mass is 365 g/mol. The smallest absolute Gasteiger partial charge is 0.320 e. The Morgan fingerprint density at radius 2 is 1.92 bits per heavy atom. The van der Waals surface area contributed by atoms with Crippen LogP contribution in [0.1, 0.15) is 32.1 Å². The van der Waals surface area contributed by atoms with E-state index in [9.17, 15) is 9.00 Å². The highest BCUT2D eigenvalue weighted by molar-refractivity contribution is 7.92. The van der Waals surface area contributed by atoms with Crippen molar-refractivity contribution in [1.82, 2.24) is 15.0 Å². The summed E-state index contributed by atoms with van der Waals surface area (Å²) in [4.78, 5) is 12.5. The van der Waals surface area contributed by atoms with Crippen LogP contribution in [0.5, 0.6) is 0 Å². The van der Waals surface area contributed by atoms with Crippen molar-refractivity contribution >= 4 is 26.7 Å². The number of hydrogen-bond donors (Lipinski definition) is 3. The second-order valence-corrected chi connectivity index (χ2v) is 9.20. The highest BCUT2D eigenvalue weighted by atomic mass is 32.2. The fraction of sp³-hybridized carbons (Fsp3) is 0.562. The molecule has 0 aliphatic heterocycles. The second-order valence-electron chi connectivity index (χ2n) is 6.76. The van der Waals surface area contributed by atoms with Crippen LogP contribution in [0, 0.1) is 4.78 Å². The zero-order valence-corrected chi connectivity index (χ0v) is 14.7. The molecule has 25 heavy (non-hydrogen) atoms. The standard InChI is InChI=1S/C16H23N5O3S/c17-12(15(22)23)6-10-25(18,24)11-9-16(7-3-8-16)21-19-13-4-1-2-5-14(13)20-21/h1-2,4-5,12,18H,3,6-11,17H2,(H,22,23)/t12-,25?/m0/s1. The largest absolute Gasteiger partial charge is 0.480 e. The summed E-state index contributed by atoms with van der Waals surface area (Å²) in [6.07, 6.45) is 3.46. The van der Waals surface area contributed by atoms with Gasteiger partial charge in [0.15, 0.2) is 0 Å². The molecule has 1 aromatic carbocycles. The first-order chi connectivity index (χ1) is 11.8. The maximum absolute atomic E-state index is 12.5. The molecule has 0 radical (unpaired) electrons. The Bertz CT molecular complexity index is 840. The molecule has 1 saturated carbocycles. The van der Waals surface area contributed by atoms with Gasteiger partial charge in [-0.15, -0.1) is 0 Å². The molecule has 1 aliphatic rings. The van der Waals surface area contributed by atoms with E-state index in [0.717, 1.165) is 30.3 Å². The maximum Gasteiger partial charge on any atom is 0.320 e. The lowest BCUT2D eigenvalue weighted by molar-refractivity contribution is -0.138. The first-order valence-electron chi connectivity index (χ1n) is 8.36. The van der Waals surface area contributed by atoms with Gasteiger partial charge in [0.25, 0.3) is 0 Å². The minimum Gasteiger partial charge on any atom is -0.480 e. The number of hydrogen-bond acceptors (Lipinski definition) is 6.